The van der Waals surface area contributed by atoms with Gasteiger partial charge >= 0.3 is 5.82 Å². The molecule has 1 aromatic rings. The Morgan fingerprint density at radius 3 is 2.56 bits per heavy atom. The van der Waals surface area contributed by atoms with Crippen molar-refractivity contribution in [3.63, 3.8) is 0 Å². The Morgan fingerprint density at radius 1 is 1.24 bits per heavy atom. The number of carbonyl (C=O) groups excluding carboxylic acids is 1. The van der Waals surface area contributed by atoms with Gasteiger partial charge in [-0.05, 0) is 43.7 Å². The molecule has 0 spiro atoms. The molecule has 0 aliphatic rings. The van der Waals surface area contributed by atoms with Gasteiger partial charge in [0.15, 0.2) is 0 Å². The molecule has 0 aliphatic carbocycles. The zero-order valence-electron chi connectivity index (χ0n) is 15.3. The van der Waals surface area contributed by atoms with Crippen LogP contribution in [-0.4, -0.2) is 34.2 Å². The first-order valence-corrected chi connectivity index (χ1v) is 9.09. The average Bonchev–Trinajstić information content (AvgIpc) is 3.04. The van der Waals surface area contributed by atoms with Crippen molar-refractivity contribution < 1.29 is 18.8 Å². The average molecular weight is 354 g/mol. The van der Waals surface area contributed by atoms with Gasteiger partial charge < -0.3 is 14.4 Å². The van der Waals surface area contributed by atoms with E-state index in [-0.39, 0.29) is 12.3 Å². The van der Waals surface area contributed by atoms with Crippen LogP contribution in [0.25, 0.3) is 0 Å². The molecular weight excluding hydrogens is 324 g/mol. The number of hydrogen-bond acceptors (Lipinski definition) is 6. The predicted molar refractivity (Wildman–Crippen MR) is 94.0 cm³/mol. The summed E-state index contributed by atoms with van der Waals surface area (Å²) in [5.74, 6) is -1.86. The van der Waals surface area contributed by atoms with E-state index >= 15 is 0 Å². The van der Waals surface area contributed by atoms with Crippen LogP contribution in [0.15, 0.2) is 26.4 Å². The second kappa shape index (κ2) is 10.9. The Hall–Kier alpha value is -1.89. The first kappa shape index (κ1) is 21.2. The van der Waals surface area contributed by atoms with Crippen molar-refractivity contribution in [3.05, 3.63) is 29.2 Å². The van der Waals surface area contributed by atoms with Gasteiger partial charge in [0.1, 0.15) is 0 Å². The number of hydrogen-bond donors (Lipinski definition) is 1. The van der Waals surface area contributed by atoms with Crippen LogP contribution in [0, 0.1) is 0 Å². The third kappa shape index (κ3) is 6.16. The second-order valence-electron chi connectivity index (χ2n) is 6.23. The van der Waals surface area contributed by atoms with E-state index in [2.05, 4.69) is 16.3 Å². The SMILES string of the molecule is C=CCCCCN(CCC)C(=O)C(O)(CCCCC)c1noc(=O)o1. The molecule has 0 saturated carbocycles. The molecule has 1 atom stereocenters. The number of allylic oxidation sites excluding steroid dienone is 1. The minimum Gasteiger partial charge on any atom is -0.372 e. The summed E-state index contributed by atoms with van der Waals surface area (Å²) in [6, 6.07) is 0. The highest BCUT2D eigenvalue weighted by atomic mass is 16.6. The number of aliphatic hydroxyl groups is 1. The van der Waals surface area contributed by atoms with Gasteiger partial charge in [-0.2, -0.15) is 0 Å². The van der Waals surface area contributed by atoms with Crippen LogP contribution < -0.4 is 5.82 Å². The summed E-state index contributed by atoms with van der Waals surface area (Å²) in [7, 11) is 0. The van der Waals surface area contributed by atoms with Crippen molar-refractivity contribution in [3.8, 4) is 0 Å². The van der Waals surface area contributed by atoms with Crippen molar-refractivity contribution >= 4 is 5.91 Å². The van der Waals surface area contributed by atoms with Gasteiger partial charge in [-0.15, -0.1) is 6.58 Å². The number of unbranched alkanes of at least 4 members (excludes halogenated alkanes) is 4. The van der Waals surface area contributed by atoms with Gasteiger partial charge in [-0.1, -0.05) is 32.8 Å². The van der Waals surface area contributed by atoms with E-state index in [4.69, 9.17) is 4.42 Å². The van der Waals surface area contributed by atoms with Crippen LogP contribution in [-0.2, 0) is 10.4 Å². The lowest BCUT2D eigenvalue weighted by Gasteiger charge is -2.31. The summed E-state index contributed by atoms with van der Waals surface area (Å²) in [5, 5.41) is 14.5. The Bertz CT molecular complexity index is 580. The van der Waals surface area contributed by atoms with E-state index in [0.29, 0.717) is 19.5 Å². The van der Waals surface area contributed by atoms with Crippen LogP contribution in [0.4, 0.5) is 0 Å². The monoisotopic (exact) mass is 354 g/mol. The lowest BCUT2D eigenvalue weighted by atomic mass is 9.93. The van der Waals surface area contributed by atoms with E-state index in [1.165, 1.54) is 0 Å². The fraction of sp³-hybridized carbons (Fsp3) is 0.722. The quantitative estimate of drug-likeness (QED) is 0.432. The molecule has 0 aromatic carbocycles. The van der Waals surface area contributed by atoms with Crippen molar-refractivity contribution in [2.75, 3.05) is 13.1 Å². The molecule has 1 aromatic heterocycles. The fourth-order valence-corrected chi connectivity index (χ4v) is 2.73. The molecule has 25 heavy (non-hydrogen) atoms. The third-order valence-electron chi connectivity index (χ3n) is 4.10. The van der Waals surface area contributed by atoms with Crippen molar-refractivity contribution in [2.24, 2.45) is 0 Å². The Balaban J connectivity index is 2.97. The molecule has 0 bridgehead atoms. The van der Waals surface area contributed by atoms with Gasteiger partial charge in [0.05, 0.1) is 0 Å². The molecule has 7 heteroatoms. The molecule has 1 heterocycles. The minimum absolute atomic E-state index is 0.141. The summed E-state index contributed by atoms with van der Waals surface area (Å²) in [4.78, 5) is 25.8. The zero-order chi connectivity index (χ0) is 18.7. The highest BCUT2D eigenvalue weighted by Gasteiger charge is 2.45. The van der Waals surface area contributed by atoms with Crippen molar-refractivity contribution in [2.45, 2.75) is 70.8 Å². The van der Waals surface area contributed by atoms with E-state index in [1.54, 1.807) is 4.90 Å². The van der Waals surface area contributed by atoms with Gasteiger partial charge in [0, 0.05) is 13.1 Å². The van der Waals surface area contributed by atoms with Gasteiger partial charge in [0.2, 0.25) is 5.60 Å². The lowest BCUT2D eigenvalue weighted by molar-refractivity contribution is -0.156. The molecule has 0 fully saturated rings. The smallest absolute Gasteiger partial charge is 0.372 e. The maximum Gasteiger partial charge on any atom is 0.542 e. The molecule has 7 nitrogen and oxygen atoms in total. The largest absolute Gasteiger partial charge is 0.542 e. The van der Waals surface area contributed by atoms with Crippen LogP contribution >= 0.6 is 0 Å². The molecule has 0 saturated heterocycles. The zero-order valence-corrected chi connectivity index (χ0v) is 15.3. The molecule has 0 aliphatic heterocycles. The van der Waals surface area contributed by atoms with E-state index in [9.17, 15) is 14.7 Å². The van der Waals surface area contributed by atoms with Crippen molar-refractivity contribution in [1.29, 1.82) is 0 Å². The van der Waals surface area contributed by atoms with E-state index in [0.717, 1.165) is 38.5 Å². The summed E-state index contributed by atoms with van der Waals surface area (Å²) in [5.41, 5.74) is -1.96. The summed E-state index contributed by atoms with van der Waals surface area (Å²) >= 11 is 0. The molecule has 1 N–H and O–H groups in total. The molecule has 0 radical (unpaired) electrons. The number of rotatable bonds is 13. The first-order valence-electron chi connectivity index (χ1n) is 9.09. The fourth-order valence-electron chi connectivity index (χ4n) is 2.73. The number of nitrogens with zero attached hydrogens (tertiary/aromatic N) is 2. The molecule has 1 amide bonds. The van der Waals surface area contributed by atoms with Crippen LogP contribution in [0.2, 0.25) is 0 Å². The molecule has 1 rings (SSSR count). The highest BCUT2D eigenvalue weighted by molar-refractivity contribution is 5.85. The predicted octanol–water partition coefficient (Wildman–Crippen LogP) is 2.99. The number of amides is 1. The van der Waals surface area contributed by atoms with Crippen LogP contribution in [0.1, 0.15) is 71.1 Å². The highest BCUT2D eigenvalue weighted by Crippen LogP contribution is 2.28. The Morgan fingerprint density at radius 2 is 2.00 bits per heavy atom. The molecule has 142 valence electrons. The topological polar surface area (TPSA) is 96.8 Å². The van der Waals surface area contributed by atoms with Gasteiger partial charge in [-0.25, -0.2) is 4.79 Å². The standard InChI is InChI=1S/C18H30N2O5/c1-4-7-9-11-14-20(13-6-3)16(21)18(23,12-10-8-5-2)15-19-25-17(22)24-15/h4,23H,1,5-14H2,2-3H3. The normalized spacial score (nSPS) is 13.4. The maximum absolute atomic E-state index is 13.0. The Labute approximate surface area is 148 Å². The maximum atomic E-state index is 13.0. The second-order valence-corrected chi connectivity index (χ2v) is 6.23. The molecular formula is C18H30N2O5. The summed E-state index contributed by atoms with van der Waals surface area (Å²) in [6.45, 7) is 8.73. The summed E-state index contributed by atoms with van der Waals surface area (Å²) in [6.07, 6.45) is 7.77. The third-order valence-corrected chi connectivity index (χ3v) is 4.10. The van der Waals surface area contributed by atoms with Gasteiger partial charge in [0.25, 0.3) is 11.8 Å². The van der Waals surface area contributed by atoms with E-state index in [1.807, 2.05) is 19.9 Å². The Kier molecular flexibility index (Phi) is 9.20. The number of aromatic nitrogens is 1. The van der Waals surface area contributed by atoms with Crippen molar-refractivity contribution in [1.82, 2.24) is 10.1 Å². The minimum atomic E-state index is -1.96. The van der Waals surface area contributed by atoms with Crippen LogP contribution in [0.5, 0.6) is 0 Å². The van der Waals surface area contributed by atoms with Gasteiger partial charge in [-0.3, -0.25) is 9.32 Å². The first-order chi connectivity index (χ1) is 12.0. The number of carbonyl (C=O) groups is 1. The van der Waals surface area contributed by atoms with Crippen LogP contribution in [0.3, 0.4) is 0 Å². The molecule has 1 unspecified atom stereocenters. The van der Waals surface area contributed by atoms with E-state index < -0.39 is 17.3 Å². The summed E-state index contributed by atoms with van der Waals surface area (Å²) < 4.78 is 9.23. The lowest BCUT2D eigenvalue weighted by Crippen LogP contribution is -2.48.